The Morgan fingerprint density at radius 3 is 2.77 bits per heavy atom. The third kappa shape index (κ3) is 7.82. The molecule has 1 saturated heterocycles. The minimum atomic E-state index is 0. The standard InChI is InChI=1S/C19H31N3O2S.HI/c1-4-10-24-17-9-8-15(12-18(17)23-3)13-21-19(20-5-2)22-14-16-7-6-11-25-16;/h8-9,12,16H,4-7,10-11,13-14H2,1-3H3,(H2,20,21,22);1H. The number of benzene rings is 1. The van der Waals surface area contributed by atoms with Gasteiger partial charge in [0.15, 0.2) is 17.5 Å². The minimum Gasteiger partial charge on any atom is -0.493 e. The third-order valence-corrected chi connectivity index (χ3v) is 5.37. The molecule has 0 bridgehead atoms. The van der Waals surface area contributed by atoms with Crippen molar-refractivity contribution >= 4 is 41.7 Å². The molecule has 7 heteroatoms. The molecule has 5 nitrogen and oxygen atoms in total. The number of methoxy groups -OCH3 is 1. The average molecular weight is 493 g/mol. The van der Waals surface area contributed by atoms with Gasteiger partial charge in [0.1, 0.15) is 0 Å². The maximum absolute atomic E-state index is 5.70. The highest BCUT2D eigenvalue weighted by Crippen LogP contribution is 2.28. The minimum absolute atomic E-state index is 0. The summed E-state index contributed by atoms with van der Waals surface area (Å²) in [4.78, 5) is 4.70. The van der Waals surface area contributed by atoms with E-state index in [2.05, 4.69) is 36.2 Å². The van der Waals surface area contributed by atoms with E-state index in [1.54, 1.807) is 7.11 Å². The Morgan fingerprint density at radius 1 is 1.27 bits per heavy atom. The lowest BCUT2D eigenvalue weighted by Crippen LogP contribution is -2.40. The van der Waals surface area contributed by atoms with Crippen molar-refractivity contribution in [2.45, 2.75) is 44.9 Å². The van der Waals surface area contributed by atoms with Gasteiger partial charge >= 0.3 is 0 Å². The van der Waals surface area contributed by atoms with Crippen molar-refractivity contribution in [3.8, 4) is 11.5 Å². The summed E-state index contributed by atoms with van der Waals surface area (Å²) in [6.07, 6.45) is 3.61. The van der Waals surface area contributed by atoms with Crippen LogP contribution >= 0.6 is 35.7 Å². The van der Waals surface area contributed by atoms with Gasteiger partial charge in [-0.05, 0) is 49.6 Å². The predicted octanol–water partition coefficient (Wildman–Crippen LogP) is 4.05. The fourth-order valence-electron chi connectivity index (χ4n) is 2.67. The highest BCUT2D eigenvalue weighted by molar-refractivity contribution is 14.0. The molecular formula is C19H32IN3O2S. The van der Waals surface area contributed by atoms with Gasteiger partial charge in [-0.2, -0.15) is 11.8 Å². The summed E-state index contributed by atoms with van der Waals surface area (Å²) in [6, 6.07) is 6.02. The van der Waals surface area contributed by atoms with Gasteiger partial charge in [-0.3, -0.25) is 0 Å². The van der Waals surface area contributed by atoms with Gasteiger partial charge in [0, 0.05) is 18.3 Å². The number of nitrogens with zero attached hydrogens (tertiary/aromatic N) is 1. The number of ether oxygens (including phenoxy) is 2. The van der Waals surface area contributed by atoms with E-state index < -0.39 is 0 Å². The zero-order valence-electron chi connectivity index (χ0n) is 16.0. The molecule has 0 aromatic heterocycles. The van der Waals surface area contributed by atoms with Crippen LogP contribution in [0, 0.1) is 0 Å². The summed E-state index contributed by atoms with van der Waals surface area (Å²) in [5.41, 5.74) is 1.10. The van der Waals surface area contributed by atoms with Gasteiger partial charge in [0.05, 0.1) is 20.3 Å². The molecule has 1 atom stereocenters. The Labute approximate surface area is 179 Å². The Hall–Kier alpha value is -0.830. The molecule has 1 aromatic rings. The monoisotopic (exact) mass is 493 g/mol. The van der Waals surface area contributed by atoms with Crippen LogP contribution in [0.4, 0.5) is 0 Å². The third-order valence-electron chi connectivity index (χ3n) is 3.97. The van der Waals surface area contributed by atoms with E-state index in [4.69, 9.17) is 14.5 Å². The number of hydrogen-bond acceptors (Lipinski definition) is 4. The van der Waals surface area contributed by atoms with Crippen molar-refractivity contribution in [1.82, 2.24) is 10.6 Å². The number of halogens is 1. The summed E-state index contributed by atoms with van der Waals surface area (Å²) >= 11 is 2.05. The molecule has 1 aromatic carbocycles. The molecule has 148 valence electrons. The molecule has 26 heavy (non-hydrogen) atoms. The highest BCUT2D eigenvalue weighted by Gasteiger charge is 2.15. The first kappa shape index (κ1) is 23.2. The highest BCUT2D eigenvalue weighted by atomic mass is 127. The largest absolute Gasteiger partial charge is 0.493 e. The summed E-state index contributed by atoms with van der Waals surface area (Å²) in [5, 5.41) is 7.49. The van der Waals surface area contributed by atoms with Gasteiger partial charge in [-0.25, -0.2) is 4.99 Å². The molecule has 2 rings (SSSR count). The van der Waals surface area contributed by atoms with Crippen LogP contribution in [0.1, 0.15) is 38.7 Å². The lowest BCUT2D eigenvalue weighted by molar-refractivity contribution is 0.294. The van der Waals surface area contributed by atoms with Crippen LogP contribution < -0.4 is 20.1 Å². The van der Waals surface area contributed by atoms with Gasteiger partial charge in [-0.15, -0.1) is 24.0 Å². The summed E-state index contributed by atoms with van der Waals surface area (Å²) in [6.45, 7) is 7.32. The zero-order chi connectivity index (χ0) is 17.9. The molecular weight excluding hydrogens is 461 g/mol. The van der Waals surface area contributed by atoms with Crippen molar-refractivity contribution in [2.75, 3.05) is 32.6 Å². The number of rotatable bonds is 9. The molecule has 1 aliphatic rings. The number of aliphatic imine (C=N–C) groups is 1. The van der Waals surface area contributed by atoms with Gasteiger partial charge in [0.25, 0.3) is 0 Å². The van der Waals surface area contributed by atoms with E-state index in [1.165, 1.54) is 18.6 Å². The van der Waals surface area contributed by atoms with E-state index in [-0.39, 0.29) is 24.0 Å². The average Bonchev–Trinajstić information content (AvgIpc) is 3.16. The molecule has 0 aliphatic carbocycles. The molecule has 0 spiro atoms. The van der Waals surface area contributed by atoms with Gasteiger partial charge in [-0.1, -0.05) is 13.0 Å². The first-order chi connectivity index (χ1) is 12.3. The van der Waals surface area contributed by atoms with Crippen LogP contribution in [-0.4, -0.2) is 43.8 Å². The SMILES string of the molecule is CCCOc1ccc(CN=C(NCC)NCC2CCCS2)cc1OC.I. The van der Waals surface area contributed by atoms with E-state index in [9.17, 15) is 0 Å². The molecule has 0 amide bonds. The van der Waals surface area contributed by atoms with Gasteiger partial charge in [0.2, 0.25) is 0 Å². The summed E-state index contributed by atoms with van der Waals surface area (Å²) in [7, 11) is 1.67. The fourth-order valence-corrected chi connectivity index (χ4v) is 3.87. The lowest BCUT2D eigenvalue weighted by atomic mass is 10.2. The first-order valence-electron chi connectivity index (χ1n) is 9.20. The van der Waals surface area contributed by atoms with Crippen LogP contribution in [0.15, 0.2) is 23.2 Å². The van der Waals surface area contributed by atoms with E-state index >= 15 is 0 Å². The fraction of sp³-hybridized carbons (Fsp3) is 0.632. The molecule has 1 aliphatic heterocycles. The maximum atomic E-state index is 5.70. The van der Waals surface area contributed by atoms with E-state index in [1.807, 2.05) is 18.2 Å². The normalized spacial score (nSPS) is 16.7. The molecule has 0 saturated carbocycles. The smallest absolute Gasteiger partial charge is 0.191 e. The first-order valence-corrected chi connectivity index (χ1v) is 10.2. The number of thioether (sulfide) groups is 1. The van der Waals surface area contributed by atoms with E-state index in [0.717, 1.165) is 42.5 Å². The van der Waals surface area contributed by atoms with Crippen molar-refractivity contribution in [2.24, 2.45) is 4.99 Å². The topological polar surface area (TPSA) is 54.9 Å². The maximum Gasteiger partial charge on any atom is 0.191 e. The van der Waals surface area contributed by atoms with Crippen LogP contribution in [0.2, 0.25) is 0 Å². The predicted molar refractivity (Wildman–Crippen MR) is 122 cm³/mol. The Kier molecular flexibility index (Phi) is 11.9. The Bertz CT molecular complexity index is 552. The molecule has 1 unspecified atom stereocenters. The van der Waals surface area contributed by atoms with Crippen molar-refractivity contribution in [3.63, 3.8) is 0 Å². The summed E-state index contributed by atoms with van der Waals surface area (Å²) < 4.78 is 11.1. The molecule has 1 fully saturated rings. The second kappa shape index (κ2) is 13.4. The van der Waals surface area contributed by atoms with Crippen molar-refractivity contribution < 1.29 is 9.47 Å². The Morgan fingerprint density at radius 2 is 2.12 bits per heavy atom. The van der Waals surface area contributed by atoms with Crippen molar-refractivity contribution in [3.05, 3.63) is 23.8 Å². The lowest BCUT2D eigenvalue weighted by Gasteiger charge is -2.15. The quantitative estimate of drug-likeness (QED) is 0.309. The second-order valence-electron chi connectivity index (χ2n) is 6.04. The van der Waals surface area contributed by atoms with Crippen LogP contribution in [0.25, 0.3) is 0 Å². The van der Waals surface area contributed by atoms with E-state index in [0.29, 0.717) is 18.4 Å². The number of nitrogens with one attached hydrogen (secondary N) is 2. The van der Waals surface area contributed by atoms with Crippen molar-refractivity contribution in [1.29, 1.82) is 0 Å². The number of guanidine groups is 1. The van der Waals surface area contributed by atoms with Crippen LogP contribution in [-0.2, 0) is 6.54 Å². The summed E-state index contributed by atoms with van der Waals surface area (Å²) in [5.74, 6) is 3.72. The molecule has 2 N–H and O–H groups in total. The van der Waals surface area contributed by atoms with Crippen LogP contribution in [0.3, 0.4) is 0 Å². The number of hydrogen-bond donors (Lipinski definition) is 2. The molecule has 0 radical (unpaired) electrons. The Balaban J connectivity index is 0.00000338. The second-order valence-corrected chi connectivity index (χ2v) is 7.45. The molecule has 1 heterocycles. The van der Waals surface area contributed by atoms with Gasteiger partial charge < -0.3 is 20.1 Å². The van der Waals surface area contributed by atoms with Crippen LogP contribution in [0.5, 0.6) is 11.5 Å². The zero-order valence-corrected chi connectivity index (χ0v) is 19.2.